The van der Waals surface area contributed by atoms with Crippen molar-refractivity contribution in [2.75, 3.05) is 49.1 Å². The molecule has 0 radical (unpaired) electrons. The number of hydrogen-bond acceptors (Lipinski definition) is 12. The van der Waals surface area contributed by atoms with Crippen molar-refractivity contribution in [2.45, 2.75) is 52.6 Å². The molecule has 4 aliphatic heterocycles. The van der Waals surface area contributed by atoms with Crippen LogP contribution in [0.5, 0.6) is 0 Å². The van der Waals surface area contributed by atoms with Crippen molar-refractivity contribution in [1.29, 1.82) is 10.5 Å². The Balaban J connectivity index is 0.000000174. The lowest BCUT2D eigenvalue weighted by atomic mass is 9.97. The van der Waals surface area contributed by atoms with Gasteiger partial charge in [0.05, 0.1) is 105 Å². The minimum atomic E-state index is -0.564. The maximum absolute atomic E-state index is 14.8. The Morgan fingerprint density at radius 1 is 0.671 bits per heavy atom. The number of benzene rings is 2. The van der Waals surface area contributed by atoms with Crippen molar-refractivity contribution < 1.29 is 28.0 Å². The number of carbonyl (C=O) groups is 4. The molecule has 70 heavy (non-hydrogen) atoms. The molecule has 18 nitrogen and oxygen atoms in total. The summed E-state index contributed by atoms with van der Waals surface area (Å²) in [7, 11) is 0. The average molecular weight is 947 g/mol. The van der Waals surface area contributed by atoms with E-state index in [1.807, 2.05) is 38.1 Å². The van der Waals surface area contributed by atoms with E-state index in [0.29, 0.717) is 71.7 Å². The molecule has 356 valence electrons. The fourth-order valence-electron chi connectivity index (χ4n) is 9.46. The normalized spacial score (nSPS) is 17.0. The number of fused-ring (bicyclic) bond motifs is 2. The number of nitriles is 2. The first-order valence-corrected chi connectivity index (χ1v) is 23.2. The molecule has 2 atom stereocenters. The Hall–Kier alpha value is -8.52. The summed E-state index contributed by atoms with van der Waals surface area (Å²) in [6.45, 7) is 8.07. The van der Waals surface area contributed by atoms with Crippen molar-refractivity contribution in [2.24, 2.45) is 11.8 Å². The van der Waals surface area contributed by atoms with Gasteiger partial charge in [-0.2, -0.15) is 20.7 Å². The van der Waals surface area contributed by atoms with E-state index >= 15 is 0 Å². The van der Waals surface area contributed by atoms with Gasteiger partial charge >= 0.3 is 0 Å². The molecule has 6 aromatic rings. The molecular formula is C50H48F2N14O4. The summed E-state index contributed by atoms with van der Waals surface area (Å²) >= 11 is 0. The van der Waals surface area contributed by atoms with Gasteiger partial charge < -0.3 is 31.1 Å². The van der Waals surface area contributed by atoms with Gasteiger partial charge in [-0.05, 0) is 75.9 Å². The Labute approximate surface area is 401 Å². The van der Waals surface area contributed by atoms with Gasteiger partial charge in [0.15, 0.2) is 11.6 Å². The highest BCUT2D eigenvalue weighted by atomic mass is 19.1. The average Bonchev–Trinajstić information content (AvgIpc) is 4.22. The van der Waals surface area contributed by atoms with Gasteiger partial charge in [-0.25, -0.2) is 28.1 Å². The number of carbonyl (C=O) groups excluding carboxylic acids is 4. The van der Waals surface area contributed by atoms with Crippen LogP contribution in [0.15, 0.2) is 73.1 Å². The summed E-state index contributed by atoms with van der Waals surface area (Å²) in [6.07, 6.45) is 6.88. The number of pyridine rings is 2. The molecule has 2 aromatic carbocycles. The summed E-state index contributed by atoms with van der Waals surface area (Å²) < 4.78 is 32.7. The number of amides is 4. The summed E-state index contributed by atoms with van der Waals surface area (Å²) in [4.78, 5) is 63.1. The lowest BCUT2D eigenvalue weighted by Crippen LogP contribution is -2.43. The SMILES string of the molecule is CCNC(=O)C1CCCN(c2ccn(-c3cc(-c4c(F)cccc4C#N)nc4c3C(=O)NC4)n2)C1.CCNC(=O)[C@H]1CCCN(c2ccn(-c3cc(-c4c(F)cccc4C#N)nc4c3C(=O)NC4)n2)C1. The Morgan fingerprint density at radius 3 is 1.50 bits per heavy atom. The number of halogens is 2. The molecule has 2 fully saturated rings. The van der Waals surface area contributed by atoms with E-state index < -0.39 is 11.6 Å². The van der Waals surface area contributed by atoms with Crippen LogP contribution >= 0.6 is 0 Å². The van der Waals surface area contributed by atoms with Crippen molar-refractivity contribution in [1.82, 2.24) is 50.8 Å². The first-order valence-electron chi connectivity index (χ1n) is 23.2. The number of nitrogens with zero attached hydrogens (tertiary/aromatic N) is 10. The molecule has 0 bridgehead atoms. The van der Waals surface area contributed by atoms with Crippen molar-refractivity contribution in [3.63, 3.8) is 0 Å². The van der Waals surface area contributed by atoms with E-state index in [1.54, 1.807) is 33.9 Å². The molecule has 10 rings (SSSR count). The summed E-state index contributed by atoms with van der Waals surface area (Å²) in [5.41, 5.74) is 3.62. The first kappa shape index (κ1) is 46.6. The van der Waals surface area contributed by atoms with E-state index in [4.69, 9.17) is 10.2 Å². The summed E-state index contributed by atoms with van der Waals surface area (Å²) in [5, 5.41) is 39.7. The topological polar surface area (TPSA) is 232 Å². The van der Waals surface area contributed by atoms with Crippen LogP contribution in [0.2, 0.25) is 0 Å². The van der Waals surface area contributed by atoms with Gasteiger partial charge in [0.25, 0.3) is 11.8 Å². The lowest BCUT2D eigenvalue weighted by Gasteiger charge is -2.32. The lowest BCUT2D eigenvalue weighted by molar-refractivity contribution is -0.125. The Morgan fingerprint density at radius 2 is 1.10 bits per heavy atom. The zero-order valence-corrected chi connectivity index (χ0v) is 38.4. The fourth-order valence-corrected chi connectivity index (χ4v) is 9.46. The monoisotopic (exact) mass is 946 g/mol. The minimum absolute atomic E-state index is 0.0445. The standard InChI is InChI=1S/2C25H24FN7O2/c2*1-2-28-24(34)16-6-4-9-32(14-16)21-8-10-33(31-21)20-11-18(30-19-13-29-25(35)23(19)20)22-15(12-27)5-3-7-17(22)26/h2*3,5,7-8,10-11,16H,2,4,6,9,13-14H2,1H3,(H,28,34)(H,29,35)/t16-;/m0./s1. The number of nitrogens with one attached hydrogen (secondary N) is 4. The van der Waals surface area contributed by atoms with Crippen molar-refractivity contribution >= 4 is 35.3 Å². The molecule has 4 aliphatic rings. The number of hydrogen-bond donors (Lipinski definition) is 4. The van der Waals surface area contributed by atoms with E-state index in [-0.39, 0.29) is 82.2 Å². The van der Waals surface area contributed by atoms with E-state index in [2.05, 4.69) is 41.0 Å². The summed E-state index contributed by atoms with van der Waals surface area (Å²) in [6, 6.07) is 19.5. The maximum atomic E-state index is 14.8. The molecule has 0 aliphatic carbocycles. The maximum Gasteiger partial charge on any atom is 0.255 e. The molecule has 0 saturated carbocycles. The molecular weight excluding hydrogens is 899 g/mol. The predicted molar refractivity (Wildman–Crippen MR) is 253 cm³/mol. The van der Waals surface area contributed by atoms with Crippen LogP contribution in [0.25, 0.3) is 33.9 Å². The highest BCUT2D eigenvalue weighted by Gasteiger charge is 2.32. The Kier molecular flexibility index (Phi) is 13.3. The summed E-state index contributed by atoms with van der Waals surface area (Å²) in [5.74, 6) is -0.448. The number of aromatic nitrogens is 6. The number of anilines is 2. The van der Waals surface area contributed by atoms with E-state index in [1.165, 1.54) is 36.4 Å². The molecule has 20 heteroatoms. The second-order valence-electron chi connectivity index (χ2n) is 17.2. The van der Waals surface area contributed by atoms with Gasteiger partial charge in [0.2, 0.25) is 11.8 Å². The zero-order valence-electron chi connectivity index (χ0n) is 38.4. The van der Waals surface area contributed by atoms with Gasteiger partial charge in [-0.3, -0.25) is 19.2 Å². The Bertz CT molecular complexity index is 2930. The van der Waals surface area contributed by atoms with Crippen LogP contribution in [0.1, 0.15) is 82.8 Å². The van der Waals surface area contributed by atoms with Crippen molar-refractivity contribution in [3.05, 3.63) is 118 Å². The molecule has 4 amide bonds. The second-order valence-corrected chi connectivity index (χ2v) is 17.2. The van der Waals surface area contributed by atoms with Crippen LogP contribution in [-0.2, 0) is 22.7 Å². The van der Waals surface area contributed by atoms with Crippen LogP contribution in [0.3, 0.4) is 0 Å². The molecule has 0 spiro atoms. The van der Waals surface area contributed by atoms with Crippen LogP contribution < -0.4 is 31.1 Å². The van der Waals surface area contributed by atoms with Crippen LogP contribution in [0.4, 0.5) is 20.4 Å². The molecule has 4 N–H and O–H groups in total. The smallest absolute Gasteiger partial charge is 0.255 e. The predicted octanol–water partition coefficient (Wildman–Crippen LogP) is 5.08. The highest BCUT2D eigenvalue weighted by Crippen LogP contribution is 2.34. The quantitative estimate of drug-likeness (QED) is 0.141. The fraction of sp³-hybridized carbons (Fsp3) is 0.320. The van der Waals surface area contributed by atoms with Crippen LogP contribution in [0, 0.1) is 46.1 Å². The minimum Gasteiger partial charge on any atom is -0.356 e. The van der Waals surface area contributed by atoms with Gasteiger partial charge in [0, 0.05) is 63.8 Å². The van der Waals surface area contributed by atoms with Crippen LogP contribution in [-0.4, -0.2) is 92.4 Å². The third-order valence-electron chi connectivity index (χ3n) is 12.8. The van der Waals surface area contributed by atoms with Gasteiger partial charge in [0.1, 0.15) is 11.6 Å². The molecule has 1 unspecified atom stereocenters. The third-order valence-corrected chi connectivity index (χ3v) is 12.8. The van der Waals surface area contributed by atoms with Crippen molar-refractivity contribution in [3.8, 4) is 46.0 Å². The van der Waals surface area contributed by atoms with E-state index in [0.717, 1.165) is 38.8 Å². The number of piperidine rings is 2. The second kappa shape index (κ2) is 20.0. The molecule has 4 aromatic heterocycles. The number of rotatable bonds is 10. The molecule has 8 heterocycles. The largest absolute Gasteiger partial charge is 0.356 e. The van der Waals surface area contributed by atoms with Gasteiger partial charge in [-0.1, -0.05) is 12.1 Å². The zero-order chi connectivity index (χ0) is 49.1. The first-order chi connectivity index (χ1) is 34.0. The van der Waals surface area contributed by atoms with Gasteiger partial charge in [-0.15, -0.1) is 0 Å². The molecule has 2 saturated heterocycles. The third kappa shape index (κ3) is 9.10. The van der Waals surface area contributed by atoms with E-state index in [9.17, 15) is 38.5 Å². The highest BCUT2D eigenvalue weighted by molar-refractivity contribution is 6.02.